The molecule has 0 fully saturated rings. The van der Waals surface area contributed by atoms with Crippen molar-refractivity contribution in [2.45, 2.75) is 26.7 Å². The molecule has 0 unspecified atom stereocenters. The van der Waals surface area contributed by atoms with Crippen molar-refractivity contribution >= 4 is 11.8 Å². The summed E-state index contributed by atoms with van der Waals surface area (Å²) in [5, 5.41) is 5.25. The molecule has 4 N–H and O–H groups in total. The minimum Gasteiger partial charge on any atom is -0.379 e. The van der Waals surface area contributed by atoms with Crippen LogP contribution >= 0.6 is 0 Å². The number of rotatable bonds is 20. The molecule has 10 heteroatoms. The predicted octanol–water partition coefficient (Wildman–Crippen LogP) is -0.303. The third kappa shape index (κ3) is 26.7. The van der Waals surface area contributed by atoms with Crippen LogP contribution in [0.4, 0.5) is 0 Å². The van der Waals surface area contributed by atoms with E-state index in [4.69, 9.17) is 29.4 Å². The van der Waals surface area contributed by atoms with E-state index in [1.165, 1.54) is 0 Å². The zero-order chi connectivity index (χ0) is 22.0. The Labute approximate surface area is 175 Å². The van der Waals surface area contributed by atoms with Gasteiger partial charge in [-0.2, -0.15) is 0 Å². The molecule has 0 aromatic heterocycles. The van der Waals surface area contributed by atoms with Crippen molar-refractivity contribution in [3.05, 3.63) is 0 Å². The highest BCUT2D eigenvalue weighted by Gasteiger charge is 2.00. The number of hydrogen-bond acceptors (Lipinski definition) is 8. The molecule has 0 aliphatic heterocycles. The topological polar surface area (TPSA) is 130 Å². The van der Waals surface area contributed by atoms with Gasteiger partial charge < -0.3 is 40.1 Å². The summed E-state index contributed by atoms with van der Waals surface area (Å²) in [5.74, 6) is -0.113. The Bertz CT molecular complexity index is 361. The van der Waals surface area contributed by atoms with Gasteiger partial charge in [0.25, 0.3) is 0 Å². The van der Waals surface area contributed by atoms with E-state index in [9.17, 15) is 9.59 Å². The van der Waals surface area contributed by atoms with Gasteiger partial charge in [-0.1, -0.05) is 13.8 Å². The lowest BCUT2D eigenvalue weighted by Gasteiger charge is -2.08. The van der Waals surface area contributed by atoms with Crippen molar-refractivity contribution < 1.29 is 33.3 Å². The Morgan fingerprint density at radius 2 is 1.07 bits per heavy atom. The number of nitrogens with two attached hydrogens (primary N) is 1. The summed E-state index contributed by atoms with van der Waals surface area (Å²) < 4.78 is 26.4. The molecule has 0 radical (unpaired) electrons. The Hall–Kier alpha value is -1.30. The molecule has 0 aromatic carbocycles. The molecule has 0 heterocycles. The SMILES string of the molecule is CC.CNC(=O)CCOCCOCCOCCOCCC(=O)NCCOCCN. The van der Waals surface area contributed by atoms with Gasteiger partial charge in [-0.15, -0.1) is 0 Å². The monoisotopic (exact) mass is 423 g/mol. The zero-order valence-electron chi connectivity index (χ0n) is 18.3. The van der Waals surface area contributed by atoms with Crippen LogP contribution in [-0.2, 0) is 33.3 Å². The zero-order valence-corrected chi connectivity index (χ0v) is 18.3. The summed E-state index contributed by atoms with van der Waals surface area (Å²) in [5.41, 5.74) is 5.28. The summed E-state index contributed by atoms with van der Waals surface area (Å²) in [6, 6.07) is 0. The maximum absolute atomic E-state index is 11.5. The largest absolute Gasteiger partial charge is 0.379 e. The lowest BCUT2D eigenvalue weighted by Crippen LogP contribution is -2.28. The van der Waals surface area contributed by atoms with Gasteiger partial charge in [0, 0.05) is 33.0 Å². The molecular formula is C19H41N3O7. The molecule has 0 rings (SSSR count). The number of amides is 2. The quantitative estimate of drug-likeness (QED) is 0.228. The highest BCUT2D eigenvalue weighted by Crippen LogP contribution is 1.87. The minimum atomic E-state index is -0.0711. The van der Waals surface area contributed by atoms with Crippen molar-refractivity contribution in [1.29, 1.82) is 0 Å². The molecule has 2 amide bonds. The Morgan fingerprint density at radius 3 is 1.52 bits per heavy atom. The maximum atomic E-state index is 11.5. The Balaban J connectivity index is 0. The first-order valence-electron chi connectivity index (χ1n) is 10.3. The molecular weight excluding hydrogens is 382 g/mol. The predicted molar refractivity (Wildman–Crippen MR) is 111 cm³/mol. The van der Waals surface area contributed by atoms with Gasteiger partial charge in [0.15, 0.2) is 0 Å². The Morgan fingerprint density at radius 1 is 0.655 bits per heavy atom. The first-order valence-corrected chi connectivity index (χ1v) is 10.3. The highest BCUT2D eigenvalue weighted by atomic mass is 16.6. The molecule has 0 saturated carbocycles. The van der Waals surface area contributed by atoms with Gasteiger partial charge in [0.2, 0.25) is 11.8 Å². The van der Waals surface area contributed by atoms with E-state index in [0.29, 0.717) is 92.0 Å². The molecule has 174 valence electrons. The van der Waals surface area contributed by atoms with Crippen LogP contribution in [0.1, 0.15) is 26.7 Å². The highest BCUT2D eigenvalue weighted by molar-refractivity contribution is 5.76. The standard InChI is InChI=1S/C17H35N3O7.C2H6/c1-19-16(21)2-6-23-10-12-26-14-15-27-13-11-24-7-3-17(22)20-5-9-25-8-4-18;1-2/h2-15,18H2,1H3,(H,19,21)(H,20,22);1-2H3. The van der Waals surface area contributed by atoms with Crippen LogP contribution in [0.3, 0.4) is 0 Å². The van der Waals surface area contributed by atoms with Gasteiger partial charge >= 0.3 is 0 Å². The van der Waals surface area contributed by atoms with Gasteiger partial charge in [0.05, 0.1) is 66.1 Å². The smallest absolute Gasteiger partial charge is 0.222 e. The molecule has 0 bridgehead atoms. The third-order valence-electron chi connectivity index (χ3n) is 3.17. The van der Waals surface area contributed by atoms with Crippen molar-refractivity contribution in [3.63, 3.8) is 0 Å². The second-order valence-electron chi connectivity index (χ2n) is 5.37. The molecule has 0 aromatic rings. The van der Waals surface area contributed by atoms with E-state index in [1.807, 2.05) is 13.8 Å². The first-order chi connectivity index (χ1) is 14.2. The number of carbonyl (C=O) groups excluding carboxylic acids is 2. The third-order valence-corrected chi connectivity index (χ3v) is 3.17. The summed E-state index contributed by atoms with van der Waals surface area (Å²) in [7, 11) is 1.59. The normalized spacial score (nSPS) is 10.2. The van der Waals surface area contributed by atoms with Crippen LogP contribution in [0.25, 0.3) is 0 Å². The lowest BCUT2D eigenvalue weighted by atomic mass is 10.4. The number of nitrogens with one attached hydrogen (secondary N) is 2. The van der Waals surface area contributed by atoms with Crippen molar-refractivity contribution in [2.75, 3.05) is 86.2 Å². The van der Waals surface area contributed by atoms with E-state index in [2.05, 4.69) is 10.6 Å². The van der Waals surface area contributed by atoms with Crippen LogP contribution in [0, 0.1) is 0 Å². The second-order valence-corrected chi connectivity index (χ2v) is 5.37. The van der Waals surface area contributed by atoms with E-state index >= 15 is 0 Å². The average molecular weight is 424 g/mol. The molecule has 0 aliphatic carbocycles. The average Bonchev–Trinajstić information content (AvgIpc) is 2.75. The van der Waals surface area contributed by atoms with Gasteiger partial charge in [-0.3, -0.25) is 9.59 Å². The molecule has 10 nitrogen and oxygen atoms in total. The van der Waals surface area contributed by atoms with Crippen LogP contribution in [-0.4, -0.2) is 98.0 Å². The van der Waals surface area contributed by atoms with E-state index in [1.54, 1.807) is 7.05 Å². The van der Waals surface area contributed by atoms with Crippen molar-refractivity contribution in [3.8, 4) is 0 Å². The maximum Gasteiger partial charge on any atom is 0.222 e. The minimum absolute atomic E-state index is 0.0416. The van der Waals surface area contributed by atoms with E-state index < -0.39 is 0 Å². The lowest BCUT2D eigenvalue weighted by molar-refractivity contribution is -0.123. The number of ether oxygens (including phenoxy) is 5. The van der Waals surface area contributed by atoms with Crippen molar-refractivity contribution in [1.82, 2.24) is 10.6 Å². The molecule has 0 aliphatic rings. The fourth-order valence-electron chi connectivity index (χ4n) is 1.75. The van der Waals surface area contributed by atoms with Crippen LogP contribution in [0.5, 0.6) is 0 Å². The van der Waals surface area contributed by atoms with Gasteiger partial charge in [-0.25, -0.2) is 0 Å². The molecule has 0 saturated heterocycles. The summed E-state index contributed by atoms with van der Waals surface area (Å²) in [6.07, 6.45) is 0.657. The number of hydrogen-bond donors (Lipinski definition) is 3. The van der Waals surface area contributed by atoms with Crippen LogP contribution < -0.4 is 16.4 Å². The summed E-state index contributed by atoms with van der Waals surface area (Å²) in [4.78, 5) is 22.4. The summed E-state index contributed by atoms with van der Waals surface area (Å²) >= 11 is 0. The van der Waals surface area contributed by atoms with Crippen LogP contribution in [0.15, 0.2) is 0 Å². The molecule has 0 spiro atoms. The summed E-state index contributed by atoms with van der Waals surface area (Å²) in [6.45, 7) is 9.35. The van der Waals surface area contributed by atoms with Gasteiger partial charge in [-0.05, 0) is 0 Å². The van der Waals surface area contributed by atoms with Crippen LogP contribution in [0.2, 0.25) is 0 Å². The van der Waals surface area contributed by atoms with Gasteiger partial charge in [0.1, 0.15) is 0 Å². The first kappa shape index (κ1) is 29.9. The van der Waals surface area contributed by atoms with E-state index in [0.717, 1.165) is 0 Å². The fourth-order valence-corrected chi connectivity index (χ4v) is 1.75. The van der Waals surface area contributed by atoms with E-state index in [-0.39, 0.29) is 11.8 Å². The fraction of sp³-hybridized carbons (Fsp3) is 0.895. The van der Waals surface area contributed by atoms with Crippen molar-refractivity contribution in [2.24, 2.45) is 5.73 Å². The number of carbonyl (C=O) groups is 2. The molecule has 0 atom stereocenters. The second kappa shape index (κ2) is 26.7. The molecule has 29 heavy (non-hydrogen) atoms. The Kier molecular flexibility index (Phi) is 27.5.